The molecule has 35 heavy (non-hydrogen) atoms. The van der Waals surface area contributed by atoms with Crippen LogP contribution in [-0.2, 0) is 20.7 Å². The second-order valence-corrected chi connectivity index (χ2v) is 9.29. The zero-order valence-corrected chi connectivity index (χ0v) is 20.0. The van der Waals surface area contributed by atoms with Gasteiger partial charge in [0.1, 0.15) is 22.5 Å². The van der Waals surface area contributed by atoms with Gasteiger partial charge in [0.15, 0.2) is 5.13 Å². The number of aryl methyl sites for hydroxylation is 1. The molecule has 5 rings (SSSR count). The molecule has 9 nitrogen and oxygen atoms in total. The average Bonchev–Trinajstić information content (AvgIpc) is 3.50. The van der Waals surface area contributed by atoms with Crippen molar-refractivity contribution in [3.05, 3.63) is 75.6 Å². The van der Waals surface area contributed by atoms with E-state index in [-0.39, 0.29) is 27.4 Å². The molecule has 2 atom stereocenters. The molecule has 0 spiro atoms. The monoisotopic (exact) mass is 491 g/mol. The van der Waals surface area contributed by atoms with Crippen LogP contribution in [0.1, 0.15) is 45.0 Å². The maximum atomic E-state index is 13.3. The van der Waals surface area contributed by atoms with Crippen LogP contribution in [0.15, 0.2) is 48.3 Å². The number of methoxy groups -OCH3 is 1. The Morgan fingerprint density at radius 3 is 2.80 bits per heavy atom. The second kappa shape index (κ2) is 8.62. The molecular weight excluding hydrogens is 470 g/mol. The van der Waals surface area contributed by atoms with Crippen LogP contribution in [0.3, 0.4) is 0 Å². The van der Waals surface area contributed by atoms with Crippen molar-refractivity contribution in [2.45, 2.75) is 32.4 Å². The van der Waals surface area contributed by atoms with Gasteiger partial charge in [-0.3, -0.25) is 19.5 Å². The van der Waals surface area contributed by atoms with Crippen LogP contribution in [0.5, 0.6) is 5.75 Å². The molecular formula is C25H21N3O6S. The minimum absolute atomic E-state index is 0.0144. The molecule has 178 valence electrons. The van der Waals surface area contributed by atoms with Gasteiger partial charge in [0.05, 0.1) is 24.4 Å². The molecule has 3 aromatic rings. The van der Waals surface area contributed by atoms with Crippen LogP contribution >= 0.6 is 11.3 Å². The van der Waals surface area contributed by atoms with Crippen molar-refractivity contribution < 1.29 is 29.0 Å². The minimum Gasteiger partial charge on any atom is -0.507 e. The number of esters is 1. The molecule has 0 aliphatic carbocycles. The molecule has 2 aliphatic heterocycles. The number of rotatable bonds is 4. The number of Topliss-reactive ketones (excluding diaryl/α,β-unsaturated/α-hetero) is 1. The number of aliphatic hydroxyl groups excluding tert-OH is 1. The number of ether oxygens (including phenoxy) is 2. The number of pyridine rings is 1. The van der Waals surface area contributed by atoms with Crippen LogP contribution in [0.4, 0.5) is 5.13 Å². The van der Waals surface area contributed by atoms with E-state index in [9.17, 15) is 19.5 Å². The summed E-state index contributed by atoms with van der Waals surface area (Å²) in [5.41, 5.74) is 2.11. The van der Waals surface area contributed by atoms with E-state index >= 15 is 0 Å². The first kappa shape index (κ1) is 22.7. The lowest BCUT2D eigenvalue weighted by Crippen LogP contribution is -2.29. The van der Waals surface area contributed by atoms with E-state index in [4.69, 9.17) is 9.47 Å². The lowest BCUT2D eigenvalue weighted by atomic mass is 9.95. The van der Waals surface area contributed by atoms with E-state index < -0.39 is 23.7 Å². The molecule has 1 aromatic carbocycles. The Balaban J connectivity index is 1.67. The summed E-state index contributed by atoms with van der Waals surface area (Å²) in [6, 6.07) is 7.58. The normalized spacial score (nSPS) is 20.6. The average molecular weight is 492 g/mol. The zero-order valence-electron chi connectivity index (χ0n) is 19.1. The topological polar surface area (TPSA) is 119 Å². The van der Waals surface area contributed by atoms with Gasteiger partial charge in [-0.25, -0.2) is 9.78 Å². The third-order valence-electron chi connectivity index (χ3n) is 5.98. The van der Waals surface area contributed by atoms with E-state index in [1.54, 1.807) is 43.5 Å². The number of thiazole rings is 1. The number of hydrogen-bond acceptors (Lipinski definition) is 9. The van der Waals surface area contributed by atoms with Crippen molar-refractivity contribution in [2.24, 2.45) is 0 Å². The molecule has 1 saturated heterocycles. The number of aromatic nitrogens is 2. The molecule has 0 saturated carbocycles. The van der Waals surface area contributed by atoms with Crippen LogP contribution in [0.25, 0.3) is 5.76 Å². The van der Waals surface area contributed by atoms with Gasteiger partial charge in [0, 0.05) is 24.4 Å². The zero-order chi connectivity index (χ0) is 24.9. The predicted molar refractivity (Wildman–Crippen MR) is 127 cm³/mol. The van der Waals surface area contributed by atoms with Crippen LogP contribution in [0, 0.1) is 6.92 Å². The third kappa shape index (κ3) is 3.75. The molecule has 2 aromatic heterocycles. The Hall–Kier alpha value is -4.05. The Morgan fingerprint density at radius 2 is 2.09 bits per heavy atom. The summed E-state index contributed by atoms with van der Waals surface area (Å²) < 4.78 is 10.5. The van der Waals surface area contributed by atoms with Crippen molar-refractivity contribution in [1.29, 1.82) is 0 Å². The molecule has 1 N–H and O–H groups in total. The molecule has 2 aliphatic rings. The second-order valence-electron chi connectivity index (χ2n) is 8.31. The highest BCUT2D eigenvalue weighted by Crippen LogP contribution is 2.44. The number of carbonyl (C=O) groups excluding carboxylic acids is 3. The Morgan fingerprint density at radius 1 is 1.29 bits per heavy atom. The largest absolute Gasteiger partial charge is 0.507 e. The van der Waals surface area contributed by atoms with Crippen LogP contribution in [0.2, 0.25) is 0 Å². The smallest absolute Gasteiger partial charge is 0.350 e. The van der Waals surface area contributed by atoms with Crippen LogP contribution < -0.4 is 9.64 Å². The summed E-state index contributed by atoms with van der Waals surface area (Å²) in [5.74, 6) is -1.87. The van der Waals surface area contributed by atoms with Crippen molar-refractivity contribution in [1.82, 2.24) is 9.97 Å². The fourth-order valence-corrected chi connectivity index (χ4v) is 5.39. The molecule has 1 amide bonds. The molecule has 1 fully saturated rings. The fourth-order valence-electron chi connectivity index (χ4n) is 4.38. The Labute approximate surface area is 204 Å². The number of amides is 1. The van der Waals surface area contributed by atoms with Crippen LogP contribution in [-0.4, -0.2) is 45.9 Å². The number of fused-ring (bicyclic) bond motifs is 1. The highest BCUT2D eigenvalue weighted by molar-refractivity contribution is 7.17. The number of aliphatic hydroxyl groups is 1. The number of carbonyl (C=O) groups is 3. The number of hydrogen-bond donors (Lipinski definition) is 1. The summed E-state index contributed by atoms with van der Waals surface area (Å²) in [6.07, 6.45) is 3.78. The van der Waals surface area contributed by atoms with E-state index in [1.165, 1.54) is 18.2 Å². The van der Waals surface area contributed by atoms with Crippen molar-refractivity contribution in [3.63, 3.8) is 0 Å². The minimum atomic E-state index is -0.983. The van der Waals surface area contributed by atoms with Gasteiger partial charge in [-0.05, 0) is 49.2 Å². The van der Waals surface area contributed by atoms with E-state index in [0.29, 0.717) is 23.2 Å². The summed E-state index contributed by atoms with van der Waals surface area (Å²) in [7, 11) is 1.26. The first-order valence-electron chi connectivity index (χ1n) is 10.9. The van der Waals surface area contributed by atoms with Gasteiger partial charge < -0.3 is 14.6 Å². The summed E-state index contributed by atoms with van der Waals surface area (Å²) in [4.78, 5) is 48.6. The maximum Gasteiger partial charge on any atom is 0.350 e. The molecule has 0 bridgehead atoms. The predicted octanol–water partition coefficient (Wildman–Crippen LogP) is 3.58. The van der Waals surface area contributed by atoms with E-state index in [1.807, 2.05) is 6.92 Å². The van der Waals surface area contributed by atoms with Gasteiger partial charge in [0.25, 0.3) is 5.78 Å². The molecule has 4 heterocycles. The quantitative estimate of drug-likeness (QED) is 0.255. The Bertz CT molecular complexity index is 1400. The number of ketones is 1. The first-order chi connectivity index (χ1) is 16.8. The van der Waals surface area contributed by atoms with Crippen molar-refractivity contribution in [2.75, 3.05) is 12.0 Å². The molecule has 0 radical (unpaired) electrons. The van der Waals surface area contributed by atoms with E-state index in [0.717, 1.165) is 22.6 Å². The van der Waals surface area contributed by atoms with Gasteiger partial charge in [-0.2, -0.15) is 0 Å². The maximum absolute atomic E-state index is 13.3. The summed E-state index contributed by atoms with van der Waals surface area (Å²) in [6.45, 7) is 3.57. The summed E-state index contributed by atoms with van der Waals surface area (Å²) >= 11 is 0.946. The number of nitrogens with zero attached hydrogens (tertiary/aromatic N) is 3. The fraction of sp³-hybridized carbons (Fsp3) is 0.240. The highest BCUT2D eigenvalue weighted by atomic mass is 32.1. The SMILES string of the molecule is COC(=O)c1sc(N2C(=O)C(=O)C(=C(O)c3ccc4c(c3)C[C@H](C)O4)[C@H]2c2cccnc2)nc1C. The summed E-state index contributed by atoms with van der Waals surface area (Å²) in [5, 5.41) is 11.5. The van der Waals surface area contributed by atoms with Crippen molar-refractivity contribution in [3.8, 4) is 5.75 Å². The van der Waals surface area contributed by atoms with Gasteiger partial charge in [-0.15, -0.1) is 0 Å². The van der Waals surface area contributed by atoms with E-state index in [2.05, 4.69) is 9.97 Å². The standard InChI is InChI=1S/C25H21N3O6S/c1-12-9-16-10-14(6-7-17(16)34-12)20(29)18-19(15-5-4-8-26-11-15)28(23(31)21(18)30)25-27-13(2)22(35-25)24(32)33-3/h4-8,10-12,19,29H,9H2,1-3H3/t12-,19+/m0/s1. The number of benzene rings is 1. The lowest BCUT2D eigenvalue weighted by molar-refractivity contribution is -0.132. The van der Waals surface area contributed by atoms with Gasteiger partial charge >= 0.3 is 11.9 Å². The first-order valence-corrected chi connectivity index (χ1v) is 11.7. The molecule has 0 unspecified atom stereocenters. The number of anilines is 1. The van der Waals surface area contributed by atoms with Gasteiger partial charge in [-0.1, -0.05) is 17.4 Å². The van der Waals surface area contributed by atoms with Crippen molar-refractivity contribution >= 4 is 39.9 Å². The Kier molecular flexibility index (Phi) is 5.60. The van der Waals surface area contributed by atoms with Gasteiger partial charge in [0.2, 0.25) is 0 Å². The lowest BCUT2D eigenvalue weighted by Gasteiger charge is -2.22. The molecule has 10 heteroatoms. The highest BCUT2D eigenvalue weighted by Gasteiger charge is 2.48. The third-order valence-corrected chi connectivity index (χ3v) is 7.11.